The summed E-state index contributed by atoms with van der Waals surface area (Å²) < 4.78 is 0. The summed E-state index contributed by atoms with van der Waals surface area (Å²) in [4.78, 5) is 24.1. The van der Waals surface area contributed by atoms with Crippen molar-refractivity contribution in [3.05, 3.63) is 64.7 Å². The van der Waals surface area contributed by atoms with Crippen LogP contribution in [0.5, 0.6) is 0 Å². The van der Waals surface area contributed by atoms with Crippen molar-refractivity contribution in [2.45, 2.75) is 25.6 Å². The van der Waals surface area contributed by atoms with Gasteiger partial charge in [-0.15, -0.1) is 11.8 Å². The molecule has 4 nitrogen and oxygen atoms in total. The van der Waals surface area contributed by atoms with E-state index in [2.05, 4.69) is 10.6 Å². The predicted molar refractivity (Wildman–Crippen MR) is 105 cm³/mol. The van der Waals surface area contributed by atoms with Gasteiger partial charge in [0.1, 0.15) is 0 Å². The van der Waals surface area contributed by atoms with Gasteiger partial charge in [0.25, 0.3) is 0 Å². The van der Waals surface area contributed by atoms with Crippen LogP contribution in [-0.2, 0) is 16.1 Å². The molecule has 0 aliphatic rings. The Bertz CT molecular complexity index is 717. The molecule has 0 aromatic heterocycles. The molecule has 2 aromatic carbocycles. The molecule has 1 atom stereocenters. The van der Waals surface area contributed by atoms with Gasteiger partial charge in [0.2, 0.25) is 11.8 Å². The molecule has 0 radical (unpaired) electrons. The third-order valence-corrected chi connectivity index (χ3v) is 4.94. The average molecular weight is 377 g/mol. The molecular weight excluding hydrogens is 356 g/mol. The summed E-state index contributed by atoms with van der Waals surface area (Å²) in [6.45, 7) is 4.23. The van der Waals surface area contributed by atoms with Crippen LogP contribution in [0.2, 0.25) is 5.02 Å². The number of rotatable bonds is 7. The van der Waals surface area contributed by atoms with Crippen LogP contribution in [0.3, 0.4) is 0 Å². The number of aryl methyl sites for hydroxylation is 1. The zero-order chi connectivity index (χ0) is 18.2. The fourth-order valence-corrected chi connectivity index (χ4v) is 2.88. The highest BCUT2D eigenvalue weighted by atomic mass is 35.5. The fraction of sp³-hybridized carbons (Fsp3) is 0.263. The summed E-state index contributed by atoms with van der Waals surface area (Å²) in [6.07, 6.45) is 0. The van der Waals surface area contributed by atoms with Crippen LogP contribution in [0, 0.1) is 6.92 Å². The van der Waals surface area contributed by atoms with Crippen molar-refractivity contribution in [3.8, 4) is 0 Å². The Morgan fingerprint density at radius 3 is 2.36 bits per heavy atom. The number of halogens is 1. The standard InChI is InChI=1S/C19H21ClN2O2S/c1-13-3-9-17(10-4-13)22-18(23)12-25-14(2)19(24)21-11-15-5-7-16(20)8-6-15/h3-10,14H,11-12H2,1-2H3,(H,21,24)(H,22,23). The Morgan fingerprint density at radius 1 is 1.08 bits per heavy atom. The number of benzene rings is 2. The van der Waals surface area contributed by atoms with Crippen LogP contribution in [0.4, 0.5) is 5.69 Å². The largest absolute Gasteiger partial charge is 0.351 e. The molecule has 0 heterocycles. The van der Waals surface area contributed by atoms with Gasteiger partial charge in [-0.3, -0.25) is 9.59 Å². The molecular formula is C19H21ClN2O2S. The first-order valence-electron chi connectivity index (χ1n) is 7.94. The number of amides is 2. The molecule has 0 bridgehead atoms. The highest BCUT2D eigenvalue weighted by Crippen LogP contribution is 2.14. The zero-order valence-electron chi connectivity index (χ0n) is 14.2. The molecule has 0 saturated heterocycles. The van der Waals surface area contributed by atoms with E-state index in [0.717, 1.165) is 16.8 Å². The van der Waals surface area contributed by atoms with Crippen molar-refractivity contribution >= 4 is 40.9 Å². The van der Waals surface area contributed by atoms with E-state index < -0.39 is 0 Å². The molecule has 1 unspecified atom stereocenters. The Labute approximate surface area is 157 Å². The number of anilines is 1. The maximum Gasteiger partial charge on any atom is 0.234 e. The van der Waals surface area contributed by atoms with Crippen LogP contribution < -0.4 is 10.6 Å². The maximum absolute atomic E-state index is 12.1. The second-order valence-corrected chi connectivity index (χ2v) is 7.48. The smallest absolute Gasteiger partial charge is 0.234 e. The highest BCUT2D eigenvalue weighted by Gasteiger charge is 2.15. The van der Waals surface area contributed by atoms with E-state index in [1.54, 1.807) is 19.1 Å². The number of hydrogen-bond acceptors (Lipinski definition) is 3. The Balaban J connectivity index is 1.72. The summed E-state index contributed by atoms with van der Waals surface area (Å²) in [5.74, 6) is 0.0120. The number of hydrogen-bond donors (Lipinski definition) is 2. The van der Waals surface area contributed by atoms with Gasteiger partial charge in [-0.1, -0.05) is 41.4 Å². The molecule has 0 aliphatic carbocycles. The van der Waals surface area contributed by atoms with Crippen molar-refractivity contribution < 1.29 is 9.59 Å². The first-order chi connectivity index (χ1) is 11.9. The molecule has 2 amide bonds. The topological polar surface area (TPSA) is 58.2 Å². The van der Waals surface area contributed by atoms with Crippen LogP contribution in [0.15, 0.2) is 48.5 Å². The van der Waals surface area contributed by atoms with E-state index in [4.69, 9.17) is 11.6 Å². The normalized spacial score (nSPS) is 11.6. The molecule has 0 saturated carbocycles. The van der Waals surface area contributed by atoms with Crippen molar-refractivity contribution in [1.82, 2.24) is 5.32 Å². The lowest BCUT2D eigenvalue weighted by Crippen LogP contribution is -2.31. The minimum absolute atomic E-state index is 0.0944. The first kappa shape index (κ1) is 19.3. The Morgan fingerprint density at radius 2 is 1.72 bits per heavy atom. The van der Waals surface area contributed by atoms with E-state index in [0.29, 0.717) is 11.6 Å². The summed E-state index contributed by atoms with van der Waals surface area (Å²) in [6, 6.07) is 14.9. The van der Waals surface area contributed by atoms with Gasteiger partial charge in [0.15, 0.2) is 0 Å². The number of nitrogens with one attached hydrogen (secondary N) is 2. The van der Waals surface area contributed by atoms with Crippen LogP contribution in [0.1, 0.15) is 18.1 Å². The van der Waals surface area contributed by atoms with Gasteiger partial charge in [-0.25, -0.2) is 0 Å². The number of carbonyl (C=O) groups excluding carboxylic acids is 2. The quantitative estimate of drug-likeness (QED) is 0.767. The van der Waals surface area contributed by atoms with E-state index in [-0.39, 0.29) is 22.8 Å². The second kappa shape index (κ2) is 9.49. The Kier molecular flexibility index (Phi) is 7.34. The van der Waals surface area contributed by atoms with Gasteiger partial charge in [0.05, 0.1) is 11.0 Å². The van der Waals surface area contributed by atoms with E-state index in [9.17, 15) is 9.59 Å². The molecule has 0 spiro atoms. The van der Waals surface area contributed by atoms with E-state index in [1.807, 2.05) is 43.3 Å². The third kappa shape index (κ3) is 6.80. The van der Waals surface area contributed by atoms with E-state index in [1.165, 1.54) is 11.8 Å². The molecule has 2 aromatic rings. The van der Waals surface area contributed by atoms with Gasteiger partial charge in [-0.2, -0.15) is 0 Å². The van der Waals surface area contributed by atoms with Crippen LogP contribution in [0.25, 0.3) is 0 Å². The molecule has 2 rings (SSSR count). The number of thioether (sulfide) groups is 1. The second-order valence-electron chi connectivity index (χ2n) is 5.71. The molecule has 25 heavy (non-hydrogen) atoms. The van der Waals surface area contributed by atoms with Gasteiger partial charge in [0, 0.05) is 17.3 Å². The summed E-state index contributed by atoms with van der Waals surface area (Å²) in [5, 5.41) is 6.04. The maximum atomic E-state index is 12.1. The minimum Gasteiger partial charge on any atom is -0.351 e. The SMILES string of the molecule is Cc1ccc(NC(=O)CSC(C)C(=O)NCc2ccc(Cl)cc2)cc1. The summed E-state index contributed by atoms with van der Waals surface area (Å²) in [5.41, 5.74) is 2.88. The summed E-state index contributed by atoms with van der Waals surface area (Å²) in [7, 11) is 0. The first-order valence-corrected chi connectivity index (χ1v) is 9.37. The highest BCUT2D eigenvalue weighted by molar-refractivity contribution is 8.01. The lowest BCUT2D eigenvalue weighted by atomic mass is 10.2. The van der Waals surface area contributed by atoms with Gasteiger partial charge < -0.3 is 10.6 Å². The van der Waals surface area contributed by atoms with Crippen molar-refractivity contribution in [2.24, 2.45) is 0 Å². The van der Waals surface area contributed by atoms with Gasteiger partial charge in [-0.05, 0) is 43.7 Å². The van der Waals surface area contributed by atoms with Crippen LogP contribution >= 0.6 is 23.4 Å². The van der Waals surface area contributed by atoms with Gasteiger partial charge >= 0.3 is 0 Å². The fourth-order valence-electron chi connectivity index (χ4n) is 2.05. The Hall–Kier alpha value is -1.98. The molecule has 2 N–H and O–H groups in total. The molecule has 6 heteroatoms. The monoisotopic (exact) mass is 376 g/mol. The van der Waals surface area contributed by atoms with Crippen molar-refractivity contribution in [1.29, 1.82) is 0 Å². The third-order valence-electron chi connectivity index (χ3n) is 3.55. The van der Waals surface area contributed by atoms with Crippen molar-refractivity contribution in [2.75, 3.05) is 11.1 Å². The minimum atomic E-state index is -0.309. The lowest BCUT2D eigenvalue weighted by Gasteiger charge is -2.12. The molecule has 0 aliphatic heterocycles. The lowest BCUT2D eigenvalue weighted by molar-refractivity contribution is -0.120. The average Bonchev–Trinajstić information content (AvgIpc) is 2.61. The molecule has 0 fully saturated rings. The summed E-state index contributed by atoms with van der Waals surface area (Å²) >= 11 is 7.14. The zero-order valence-corrected chi connectivity index (χ0v) is 15.8. The van der Waals surface area contributed by atoms with Crippen LogP contribution in [-0.4, -0.2) is 22.8 Å². The molecule has 132 valence electrons. The number of carbonyl (C=O) groups is 2. The van der Waals surface area contributed by atoms with Crippen molar-refractivity contribution in [3.63, 3.8) is 0 Å². The van der Waals surface area contributed by atoms with E-state index >= 15 is 0 Å². The predicted octanol–water partition coefficient (Wildman–Crippen LogP) is 4.03.